The molecule has 1 N–H and O–H groups in total. The lowest BCUT2D eigenvalue weighted by molar-refractivity contribution is 0.174. The van der Waals surface area contributed by atoms with E-state index in [2.05, 4.69) is 9.97 Å². The maximum absolute atomic E-state index is 14.0. The van der Waals surface area contributed by atoms with Crippen LogP contribution in [0.5, 0.6) is 11.5 Å². The summed E-state index contributed by atoms with van der Waals surface area (Å²) >= 11 is 0. The van der Waals surface area contributed by atoms with E-state index in [1.165, 1.54) is 0 Å². The van der Waals surface area contributed by atoms with E-state index in [1.807, 2.05) is 91.0 Å². The van der Waals surface area contributed by atoms with Gasteiger partial charge in [-0.2, -0.15) is 0 Å². The van der Waals surface area contributed by atoms with E-state index in [4.69, 9.17) is 9.47 Å². The Morgan fingerprint density at radius 3 is 2.42 bits per heavy atom. The van der Waals surface area contributed by atoms with E-state index in [9.17, 15) is 9.59 Å². The van der Waals surface area contributed by atoms with Crippen LogP contribution >= 0.6 is 0 Å². The zero-order valence-electron chi connectivity index (χ0n) is 20.0. The lowest BCUT2D eigenvalue weighted by Crippen LogP contribution is -2.22. The van der Waals surface area contributed by atoms with E-state index < -0.39 is 0 Å². The lowest BCUT2D eigenvalue weighted by atomic mass is 10.1. The van der Waals surface area contributed by atoms with Gasteiger partial charge in [0.25, 0.3) is 5.56 Å². The molecule has 0 fully saturated rings. The number of rotatable bonds is 4. The van der Waals surface area contributed by atoms with Crippen LogP contribution in [0.15, 0.2) is 107 Å². The smallest absolute Gasteiger partial charge is 0.331 e. The Balaban J connectivity index is 1.57. The average molecular weight is 501 g/mol. The fourth-order valence-corrected chi connectivity index (χ4v) is 4.80. The van der Waals surface area contributed by atoms with Gasteiger partial charge >= 0.3 is 5.69 Å². The van der Waals surface area contributed by atoms with Crippen molar-refractivity contribution in [2.75, 3.05) is 6.79 Å². The summed E-state index contributed by atoms with van der Waals surface area (Å²) in [4.78, 5) is 34.9. The number of nitrogens with zero attached hydrogens (tertiary/aromatic N) is 3. The predicted molar refractivity (Wildman–Crippen MR) is 146 cm³/mol. The third-order valence-corrected chi connectivity index (χ3v) is 6.59. The third-order valence-electron chi connectivity index (χ3n) is 6.59. The van der Waals surface area contributed by atoms with Gasteiger partial charge in [-0.25, -0.2) is 9.78 Å². The minimum Gasteiger partial charge on any atom is -0.454 e. The molecule has 0 spiro atoms. The Morgan fingerprint density at radius 2 is 1.55 bits per heavy atom. The van der Waals surface area contributed by atoms with Gasteiger partial charge in [-0.1, -0.05) is 54.6 Å². The highest BCUT2D eigenvalue weighted by Crippen LogP contribution is 2.35. The zero-order chi connectivity index (χ0) is 25.6. The molecule has 0 unspecified atom stereocenters. The summed E-state index contributed by atoms with van der Waals surface area (Å²) in [7, 11) is 0. The minimum absolute atomic E-state index is 0.125. The van der Waals surface area contributed by atoms with Crippen molar-refractivity contribution >= 4 is 34.0 Å². The fraction of sp³-hybridized carbons (Fsp3) is 0.0333. The Hall–Kier alpha value is -5.37. The van der Waals surface area contributed by atoms with Crippen molar-refractivity contribution in [1.29, 1.82) is 0 Å². The molecule has 0 bridgehead atoms. The first kappa shape index (κ1) is 21.9. The van der Waals surface area contributed by atoms with Crippen molar-refractivity contribution < 1.29 is 9.47 Å². The quantitative estimate of drug-likeness (QED) is 0.370. The van der Waals surface area contributed by atoms with E-state index in [0.29, 0.717) is 56.1 Å². The normalized spacial score (nSPS) is 12.9. The van der Waals surface area contributed by atoms with Crippen molar-refractivity contribution in [3.8, 4) is 22.8 Å². The van der Waals surface area contributed by atoms with Crippen molar-refractivity contribution in [2.45, 2.75) is 0 Å². The van der Waals surface area contributed by atoms with Gasteiger partial charge in [0, 0.05) is 17.3 Å². The van der Waals surface area contributed by atoms with E-state index in [-0.39, 0.29) is 18.0 Å². The molecule has 1 aliphatic rings. The van der Waals surface area contributed by atoms with Crippen LogP contribution in [0.2, 0.25) is 0 Å². The van der Waals surface area contributed by atoms with E-state index >= 15 is 0 Å². The average Bonchev–Trinajstić information content (AvgIpc) is 3.56. The zero-order valence-corrected chi connectivity index (χ0v) is 20.0. The Kier molecular flexibility index (Phi) is 4.97. The molecule has 3 heterocycles. The van der Waals surface area contributed by atoms with Crippen LogP contribution in [0.1, 0.15) is 5.56 Å². The molecule has 4 aromatic carbocycles. The fourth-order valence-electron chi connectivity index (χ4n) is 4.80. The first-order valence-corrected chi connectivity index (χ1v) is 12.1. The highest BCUT2D eigenvalue weighted by Gasteiger charge is 2.20. The molecule has 0 amide bonds. The summed E-state index contributed by atoms with van der Waals surface area (Å²) in [6, 6.07) is 29.7. The molecule has 0 saturated carbocycles. The molecular weight excluding hydrogens is 480 g/mol. The predicted octanol–water partition coefficient (Wildman–Crippen LogP) is 4.94. The number of para-hydroxylation sites is 4. The molecule has 8 heteroatoms. The molecule has 7 rings (SSSR count). The maximum Gasteiger partial charge on any atom is 0.331 e. The van der Waals surface area contributed by atoms with Crippen LogP contribution in [0.4, 0.5) is 0 Å². The topological polar surface area (TPSA) is 91.1 Å². The van der Waals surface area contributed by atoms with E-state index in [1.54, 1.807) is 21.4 Å². The van der Waals surface area contributed by atoms with Crippen LogP contribution in [-0.2, 0) is 0 Å². The highest BCUT2D eigenvalue weighted by molar-refractivity contribution is 5.89. The summed E-state index contributed by atoms with van der Waals surface area (Å²) in [5, 5.41) is 0. The molecule has 0 radical (unpaired) electrons. The number of ether oxygens (including phenoxy) is 2. The number of aromatic nitrogens is 4. The van der Waals surface area contributed by atoms with Crippen LogP contribution < -0.4 is 20.7 Å². The molecule has 1 aliphatic heterocycles. The van der Waals surface area contributed by atoms with Gasteiger partial charge in [0.05, 0.1) is 27.8 Å². The second-order valence-electron chi connectivity index (χ2n) is 8.86. The number of hydrogen-bond donors (Lipinski definition) is 1. The molecule has 184 valence electrons. The van der Waals surface area contributed by atoms with Crippen molar-refractivity contribution in [2.24, 2.45) is 0 Å². The number of imidazole rings is 1. The van der Waals surface area contributed by atoms with Crippen LogP contribution in [0.3, 0.4) is 0 Å². The SMILES string of the molecule is O=c1c(-c2ccccc2)nc2ccccc2n1/C=C(/c1ccc2c(c1)OCO2)n1c(=O)[nH]c2ccccc21. The van der Waals surface area contributed by atoms with E-state index in [0.717, 1.165) is 0 Å². The second kappa shape index (κ2) is 8.63. The second-order valence-corrected chi connectivity index (χ2v) is 8.86. The molecule has 0 atom stereocenters. The summed E-state index contributed by atoms with van der Waals surface area (Å²) in [5.41, 5.74) is 4.18. The number of hydrogen-bond acceptors (Lipinski definition) is 5. The van der Waals surface area contributed by atoms with Crippen LogP contribution in [-0.4, -0.2) is 25.9 Å². The summed E-state index contributed by atoms with van der Waals surface area (Å²) in [6.07, 6.45) is 1.69. The molecule has 2 aromatic heterocycles. The maximum atomic E-state index is 14.0. The Labute approximate surface area is 215 Å². The Bertz CT molecular complexity index is 2000. The highest BCUT2D eigenvalue weighted by atomic mass is 16.7. The first-order valence-electron chi connectivity index (χ1n) is 12.1. The number of fused-ring (bicyclic) bond motifs is 3. The van der Waals surface area contributed by atoms with Gasteiger partial charge in [-0.3, -0.25) is 13.9 Å². The largest absolute Gasteiger partial charge is 0.454 e. The monoisotopic (exact) mass is 500 g/mol. The summed E-state index contributed by atoms with van der Waals surface area (Å²) in [5.74, 6) is 1.19. The van der Waals surface area contributed by atoms with Gasteiger partial charge in [0.15, 0.2) is 11.5 Å². The molecule has 38 heavy (non-hydrogen) atoms. The van der Waals surface area contributed by atoms with Crippen LogP contribution in [0.25, 0.3) is 45.2 Å². The minimum atomic E-state index is -0.329. The van der Waals surface area contributed by atoms with Gasteiger partial charge in [-0.05, 0) is 42.5 Å². The molecule has 8 nitrogen and oxygen atoms in total. The molecule has 6 aromatic rings. The number of H-pyrrole nitrogens is 1. The van der Waals surface area contributed by atoms with Gasteiger partial charge in [0.2, 0.25) is 6.79 Å². The standard InChI is InChI=1S/C30H20N4O4/c35-29-28(19-8-2-1-3-9-19)31-21-10-4-6-12-23(21)33(29)17-25(20-14-15-26-27(16-20)38-18-37-26)34-24-13-7-5-11-22(24)32-30(34)36/h1-17H,18H2,(H,32,36)/b25-17-. The lowest BCUT2D eigenvalue weighted by Gasteiger charge is -2.14. The van der Waals surface area contributed by atoms with Gasteiger partial charge in [0.1, 0.15) is 5.69 Å². The Morgan fingerprint density at radius 1 is 0.816 bits per heavy atom. The number of nitrogens with one attached hydrogen (secondary N) is 1. The van der Waals surface area contributed by atoms with Crippen molar-refractivity contribution in [3.63, 3.8) is 0 Å². The summed E-state index contributed by atoms with van der Waals surface area (Å²) < 4.78 is 14.2. The third kappa shape index (κ3) is 3.50. The first-order chi connectivity index (χ1) is 18.7. The number of aromatic amines is 1. The van der Waals surface area contributed by atoms with Crippen molar-refractivity contribution in [1.82, 2.24) is 19.1 Å². The molecular formula is C30H20N4O4. The summed E-state index contributed by atoms with van der Waals surface area (Å²) in [6.45, 7) is 0.125. The van der Waals surface area contributed by atoms with Gasteiger partial charge < -0.3 is 14.5 Å². The number of benzene rings is 4. The molecule has 0 saturated heterocycles. The van der Waals surface area contributed by atoms with Gasteiger partial charge in [-0.15, -0.1) is 0 Å². The molecule has 0 aliphatic carbocycles. The van der Waals surface area contributed by atoms with Crippen molar-refractivity contribution in [3.05, 3.63) is 123 Å². The van der Waals surface area contributed by atoms with Crippen LogP contribution in [0, 0.1) is 0 Å².